The molecule has 0 aliphatic heterocycles. The van der Waals surface area contributed by atoms with Crippen molar-refractivity contribution in [3.63, 3.8) is 0 Å². The predicted octanol–water partition coefficient (Wildman–Crippen LogP) is 2.75. The van der Waals surface area contributed by atoms with Gasteiger partial charge in [-0.15, -0.1) is 0 Å². The van der Waals surface area contributed by atoms with Crippen molar-refractivity contribution in [1.29, 1.82) is 0 Å². The van der Waals surface area contributed by atoms with Gasteiger partial charge in [-0.3, -0.25) is 14.4 Å². The minimum absolute atomic E-state index is 0.0649. The molecule has 0 saturated heterocycles. The second-order valence-corrected chi connectivity index (χ2v) is 7.55. The molecule has 1 aromatic rings. The fraction of sp³-hybridized carbons (Fsp3) is 0.250. The highest BCUT2D eigenvalue weighted by Gasteiger charge is 2.25. The van der Waals surface area contributed by atoms with E-state index in [9.17, 15) is 14.4 Å². The van der Waals surface area contributed by atoms with E-state index in [2.05, 4.69) is 5.32 Å². The van der Waals surface area contributed by atoms with Gasteiger partial charge in [0.05, 0.1) is 30.5 Å². The lowest BCUT2D eigenvalue weighted by atomic mass is 10.1. The lowest BCUT2D eigenvalue weighted by molar-refractivity contribution is -0.140. The minimum Gasteiger partial charge on any atom is -0.464 e. The Labute approximate surface area is 172 Å². The number of hydrogen-bond acceptors (Lipinski definition) is 5. The average Bonchev–Trinajstić information content (AvgIpc) is 2.41. The van der Waals surface area contributed by atoms with Crippen LogP contribution in [0.3, 0.4) is 0 Å². The minimum atomic E-state index is -0.675. The van der Waals surface area contributed by atoms with Crippen LogP contribution in [0.15, 0.2) is 0 Å². The number of amides is 1. The molecule has 0 heterocycles. The first-order chi connectivity index (χ1) is 10.2. The molecule has 0 spiro atoms. The van der Waals surface area contributed by atoms with E-state index < -0.39 is 17.1 Å². The second kappa shape index (κ2) is 8.82. The van der Waals surface area contributed by atoms with Crippen molar-refractivity contribution in [2.45, 2.75) is 6.92 Å². The van der Waals surface area contributed by atoms with Gasteiger partial charge in [0.2, 0.25) is 0 Å². The molecule has 3 N–H and O–H groups in total. The maximum atomic E-state index is 12.3. The second-order valence-electron chi connectivity index (χ2n) is 3.98. The number of nitrogen functional groups attached to an aromatic ring is 1. The lowest BCUT2D eigenvalue weighted by Crippen LogP contribution is -2.30. The molecule has 1 amide bonds. The Morgan fingerprint density at radius 3 is 2.18 bits per heavy atom. The molecule has 120 valence electrons. The standard InChI is InChI=1S/C12H10ClI3N2O4/c1-4(19)22-3-2-18-12(21)6-7(14)5(11(13)20)8(15)10(17)9(6)16/h2-3,17H2,1H3,(H,18,21). The maximum absolute atomic E-state index is 12.3. The smallest absolute Gasteiger partial charge is 0.302 e. The van der Waals surface area contributed by atoms with Crippen LogP contribution in [0.25, 0.3) is 0 Å². The summed E-state index contributed by atoms with van der Waals surface area (Å²) in [5.74, 6) is -0.838. The Balaban J connectivity index is 3.11. The summed E-state index contributed by atoms with van der Waals surface area (Å²) >= 11 is 11.3. The monoisotopic (exact) mass is 662 g/mol. The molecule has 0 atom stereocenters. The Kier molecular flexibility index (Phi) is 8.08. The maximum Gasteiger partial charge on any atom is 0.302 e. The summed E-state index contributed by atoms with van der Waals surface area (Å²) in [6.45, 7) is 1.50. The van der Waals surface area contributed by atoms with Gasteiger partial charge in [-0.1, -0.05) is 0 Å². The van der Waals surface area contributed by atoms with Crippen LogP contribution in [0.4, 0.5) is 5.69 Å². The number of esters is 1. The van der Waals surface area contributed by atoms with E-state index in [-0.39, 0.29) is 24.3 Å². The van der Waals surface area contributed by atoms with E-state index in [0.717, 1.165) is 0 Å². The number of carbonyl (C=O) groups excluding carboxylic acids is 3. The molecule has 0 unspecified atom stereocenters. The molecule has 6 nitrogen and oxygen atoms in total. The molecule has 1 rings (SSSR count). The molecule has 0 bridgehead atoms. The van der Waals surface area contributed by atoms with E-state index in [4.69, 9.17) is 22.1 Å². The van der Waals surface area contributed by atoms with Crippen molar-refractivity contribution < 1.29 is 19.1 Å². The van der Waals surface area contributed by atoms with Gasteiger partial charge in [-0.25, -0.2) is 0 Å². The fourth-order valence-electron chi connectivity index (χ4n) is 1.50. The van der Waals surface area contributed by atoms with Crippen LogP contribution < -0.4 is 11.1 Å². The van der Waals surface area contributed by atoms with Crippen molar-refractivity contribution in [3.8, 4) is 0 Å². The number of ether oxygens (including phenoxy) is 1. The van der Waals surface area contributed by atoms with Crippen LogP contribution in [0, 0.1) is 10.7 Å². The number of nitrogens with two attached hydrogens (primary N) is 1. The summed E-state index contributed by atoms with van der Waals surface area (Å²) in [5.41, 5.74) is 6.77. The van der Waals surface area contributed by atoms with Crippen LogP contribution in [-0.4, -0.2) is 30.3 Å². The van der Waals surface area contributed by atoms with Gasteiger partial charge in [0, 0.05) is 10.5 Å². The third-order valence-electron chi connectivity index (χ3n) is 2.47. The normalized spacial score (nSPS) is 10.2. The van der Waals surface area contributed by atoms with Crippen LogP contribution in [0.1, 0.15) is 27.6 Å². The zero-order chi connectivity index (χ0) is 17.0. The zero-order valence-corrected chi connectivity index (χ0v) is 18.4. The summed E-state index contributed by atoms with van der Waals surface area (Å²) < 4.78 is 6.23. The number of benzene rings is 1. The number of hydrogen-bond donors (Lipinski definition) is 2. The fourth-order valence-corrected chi connectivity index (χ4v) is 6.16. The quantitative estimate of drug-likeness (QED) is 0.166. The third-order valence-corrected chi connectivity index (χ3v) is 5.98. The molecular formula is C12H10ClI3N2O4. The van der Waals surface area contributed by atoms with Crippen molar-refractivity contribution in [2.24, 2.45) is 0 Å². The molecule has 0 aromatic heterocycles. The number of carbonyl (C=O) groups is 3. The Hall–Kier alpha value is 0.110. The molecule has 22 heavy (non-hydrogen) atoms. The zero-order valence-electron chi connectivity index (χ0n) is 11.1. The van der Waals surface area contributed by atoms with Crippen molar-refractivity contribution in [3.05, 3.63) is 21.8 Å². The van der Waals surface area contributed by atoms with Crippen molar-refractivity contribution in [1.82, 2.24) is 5.32 Å². The Morgan fingerprint density at radius 2 is 1.68 bits per heavy atom. The highest BCUT2D eigenvalue weighted by Crippen LogP contribution is 2.34. The third kappa shape index (κ3) is 4.80. The first kappa shape index (κ1) is 20.2. The molecule has 0 radical (unpaired) electrons. The van der Waals surface area contributed by atoms with Crippen LogP contribution in [-0.2, 0) is 9.53 Å². The topological polar surface area (TPSA) is 98.5 Å². The average molecular weight is 662 g/mol. The first-order valence-electron chi connectivity index (χ1n) is 5.75. The summed E-state index contributed by atoms with van der Waals surface area (Å²) in [7, 11) is 0. The van der Waals surface area contributed by atoms with E-state index in [1.165, 1.54) is 6.92 Å². The summed E-state index contributed by atoms with van der Waals surface area (Å²) in [5, 5.41) is 1.94. The molecule has 1 aromatic carbocycles. The summed E-state index contributed by atoms with van der Waals surface area (Å²) in [6, 6.07) is 0. The molecule has 0 fully saturated rings. The SMILES string of the molecule is CC(=O)OCCNC(=O)c1c(I)c(N)c(I)c(C(=O)Cl)c1I. The highest BCUT2D eigenvalue weighted by atomic mass is 127. The van der Waals surface area contributed by atoms with E-state index in [0.29, 0.717) is 16.4 Å². The molecule has 0 saturated carbocycles. The van der Waals surface area contributed by atoms with Gasteiger partial charge in [0.25, 0.3) is 11.1 Å². The Bertz CT molecular complexity index is 652. The van der Waals surface area contributed by atoms with Crippen molar-refractivity contribution in [2.75, 3.05) is 18.9 Å². The van der Waals surface area contributed by atoms with E-state index in [1.54, 1.807) is 0 Å². The van der Waals surface area contributed by atoms with Crippen LogP contribution in [0.5, 0.6) is 0 Å². The predicted molar refractivity (Wildman–Crippen MR) is 108 cm³/mol. The largest absolute Gasteiger partial charge is 0.464 e. The Morgan fingerprint density at radius 1 is 1.14 bits per heavy atom. The van der Waals surface area contributed by atoms with Gasteiger partial charge in [0.1, 0.15) is 6.61 Å². The van der Waals surface area contributed by atoms with E-state index >= 15 is 0 Å². The molecule has 10 heteroatoms. The summed E-state index contributed by atoms with van der Waals surface area (Å²) in [6.07, 6.45) is 0. The van der Waals surface area contributed by atoms with E-state index in [1.807, 2.05) is 67.8 Å². The molecular weight excluding hydrogens is 652 g/mol. The van der Waals surface area contributed by atoms with Gasteiger partial charge in [0.15, 0.2) is 0 Å². The lowest BCUT2D eigenvalue weighted by Gasteiger charge is -2.15. The number of anilines is 1. The van der Waals surface area contributed by atoms with Crippen molar-refractivity contribution >= 4 is 102 Å². The summed E-state index contributed by atoms with van der Waals surface area (Å²) in [4.78, 5) is 34.5. The molecule has 0 aliphatic rings. The van der Waals surface area contributed by atoms with Crippen LogP contribution in [0.2, 0.25) is 0 Å². The van der Waals surface area contributed by atoms with Gasteiger partial charge in [-0.2, -0.15) is 0 Å². The molecule has 0 aliphatic carbocycles. The number of halogens is 4. The van der Waals surface area contributed by atoms with Gasteiger partial charge in [-0.05, 0) is 79.4 Å². The number of rotatable bonds is 5. The van der Waals surface area contributed by atoms with Crippen LogP contribution >= 0.6 is 79.4 Å². The first-order valence-corrected chi connectivity index (χ1v) is 9.37. The van der Waals surface area contributed by atoms with Gasteiger partial charge >= 0.3 is 5.97 Å². The van der Waals surface area contributed by atoms with Gasteiger partial charge < -0.3 is 15.8 Å². The highest BCUT2D eigenvalue weighted by molar-refractivity contribution is 14.1. The number of nitrogens with one attached hydrogen (secondary N) is 1.